The molecule has 130 valence electrons. The maximum absolute atomic E-state index is 13.3. The lowest BCUT2D eigenvalue weighted by Gasteiger charge is -2.12. The quantitative estimate of drug-likeness (QED) is 0.724. The highest BCUT2D eigenvalue weighted by atomic mass is 19.1. The van der Waals surface area contributed by atoms with E-state index < -0.39 is 0 Å². The van der Waals surface area contributed by atoms with Gasteiger partial charge in [-0.05, 0) is 23.8 Å². The molecule has 2 aromatic carbocycles. The molecule has 1 amide bonds. The van der Waals surface area contributed by atoms with Crippen molar-refractivity contribution < 1.29 is 9.18 Å². The van der Waals surface area contributed by atoms with E-state index >= 15 is 0 Å². The molecule has 0 fully saturated rings. The molecular weight excluding hydrogens is 319 g/mol. The molecule has 1 aromatic heterocycles. The fraction of sp³-hybridized carbons (Fsp3) is 0.263. The van der Waals surface area contributed by atoms with Crippen LogP contribution in [0.2, 0.25) is 0 Å². The molecule has 1 unspecified atom stereocenters. The van der Waals surface area contributed by atoms with Gasteiger partial charge in [0.1, 0.15) is 11.6 Å². The van der Waals surface area contributed by atoms with Gasteiger partial charge in [0.25, 0.3) is 0 Å². The number of carbonyl (C=O) groups excluding carboxylic acids is 1. The number of nitrogens with one attached hydrogen (secondary N) is 1. The van der Waals surface area contributed by atoms with Crippen LogP contribution in [-0.4, -0.2) is 22.0 Å². The van der Waals surface area contributed by atoms with E-state index in [1.165, 1.54) is 12.1 Å². The normalized spacial score (nSPS) is 12.3. The van der Waals surface area contributed by atoms with E-state index in [9.17, 15) is 9.18 Å². The van der Waals surface area contributed by atoms with Crippen molar-refractivity contribution in [2.24, 2.45) is 12.8 Å². The molecule has 3 rings (SSSR count). The molecule has 0 radical (unpaired) electrons. The summed E-state index contributed by atoms with van der Waals surface area (Å²) in [6.07, 6.45) is 0.802. The number of hydrogen-bond acceptors (Lipinski definition) is 3. The first-order valence-corrected chi connectivity index (χ1v) is 8.22. The molecule has 0 aliphatic rings. The zero-order valence-electron chi connectivity index (χ0n) is 14.1. The summed E-state index contributed by atoms with van der Waals surface area (Å²) in [4.78, 5) is 16.5. The molecule has 3 aromatic rings. The molecule has 1 atom stereocenters. The van der Waals surface area contributed by atoms with Gasteiger partial charge in [-0.3, -0.25) is 4.79 Å². The number of aryl methyl sites for hydroxylation is 1. The number of halogens is 1. The van der Waals surface area contributed by atoms with Gasteiger partial charge in [0, 0.05) is 32.5 Å². The number of imidazole rings is 1. The van der Waals surface area contributed by atoms with Crippen molar-refractivity contribution in [1.82, 2.24) is 14.9 Å². The molecule has 0 saturated carbocycles. The van der Waals surface area contributed by atoms with Crippen LogP contribution in [0.4, 0.5) is 4.39 Å². The number of carbonyl (C=O) groups is 1. The minimum atomic E-state index is -0.320. The Morgan fingerprint density at radius 2 is 2.04 bits per heavy atom. The average molecular weight is 340 g/mol. The fourth-order valence-corrected chi connectivity index (χ4v) is 2.84. The Balaban J connectivity index is 1.54. The van der Waals surface area contributed by atoms with Crippen LogP contribution >= 0.6 is 0 Å². The Hall–Kier alpha value is -2.73. The third-order valence-electron chi connectivity index (χ3n) is 4.24. The van der Waals surface area contributed by atoms with Gasteiger partial charge in [0.2, 0.25) is 5.91 Å². The van der Waals surface area contributed by atoms with E-state index in [4.69, 9.17) is 5.73 Å². The number of hydrogen-bond donors (Lipinski definition) is 2. The third kappa shape index (κ3) is 4.03. The van der Waals surface area contributed by atoms with Gasteiger partial charge in [-0.2, -0.15) is 0 Å². The Labute approximate surface area is 145 Å². The van der Waals surface area contributed by atoms with E-state index in [0.717, 1.165) is 22.4 Å². The molecule has 0 saturated heterocycles. The molecule has 6 heteroatoms. The number of benzene rings is 2. The first-order valence-electron chi connectivity index (χ1n) is 8.22. The van der Waals surface area contributed by atoms with Crippen molar-refractivity contribution in [3.8, 4) is 0 Å². The van der Waals surface area contributed by atoms with Crippen LogP contribution in [-0.2, 0) is 18.3 Å². The highest BCUT2D eigenvalue weighted by Gasteiger charge is 2.12. The Kier molecular flexibility index (Phi) is 5.09. The van der Waals surface area contributed by atoms with Crippen molar-refractivity contribution >= 4 is 16.9 Å². The van der Waals surface area contributed by atoms with E-state index in [0.29, 0.717) is 13.0 Å². The van der Waals surface area contributed by atoms with Crippen LogP contribution < -0.4 is 11.1 Å². The van der Waals surface area contributed by atoms with Crippen LogP contribution in [0.5, 0.6) is 0 Å². The largest absolute Gasteiger partial charge is 0.356 e. The zero-order valence-corrected chi connectivity index (χ0v) is 14.1. The summed E-state index contributed by atoms with van der Waals surface area (Å²) in [6.45, 7) is 0.458. The predicted molar refractivity (Wildman–Crippen MR) is 95.4 cm³/mol. The summed E-state index contributed by atoms with van der Waals surface area (Å²) >= 11 is 0. The molecule has 0 spiro atoms. The van der Waals surface area contributed by atoms with Gasteiger partial charge in [-0.1, -0.05) is 30.3 Å². The maximum Gasteiger partial charge on any atom is 0.221 e. The second-order valence-electron chi connectivity index (χ2n) is 6.04. The average Bonchev–Trinajstić information content (AvgIpc) is 2.91. The number of rotatable bonds is 6. The second kappa shape index (κ2) is 7.44. The van der Waals surface area contributed by atoms with Crippen molar-refractivity contribution in [3.05, 3.63) is 65.7 Å². The molecule has 0 bridgehead atoms. The number of nitrogens with zero attached hydrogens (tertiary/aromatic N) is 2. The Morgan fingerprint density at radius 3 is 2.80 bits per heavy atom. The summed E-state index contributed by atoms with van der Waals surface area (Å²) in [6, 6.07) is 13.7. The van der Waals surface area contributed by atoms with Crippen LogP contribution in [0.1, 0.15) is 23.9 Å². The van der Waals surface area contributed by atoms with Crippen molar-refractivity contribution in [2.45, 2.75) is 18.9 Å². The standard InChI is InChI=1S/C19H21FN4O/c1-24-17-11-14(20)7-8-16(17)23-18(24)9-10-22-19(25)12-15(21)13-5-3-2-4-6-13/h2-8,11,15H,9-10,12,21H2,1H3,(H,22,25). The van der Waals surface area contributed by atoms with Crippen molar-refractivity contribution in [2.75, 3.05) is 6.54 Å². The van der Waals surface area contributed by atoms with Crippen LogP contribution in [0.3, 0.4) is 0 Å². The SMILES string of the molecule is Cn1c(CCNC(=O)CC(N)c2ccccc2)nc2ccc(F)cc21. The highest BCUT2D eigenvalue weighted by Crippen LogP contribution is 2.16. The second-order valence-corrected chi connectivity index (χ2v) is 6.04. The summed E-state index contributed by atoms with van der Waals surface area (Å²) < 4.78 is 15.2. The van der Waals surface area contributed by atoms with Crippen LogP contribution in [0.15, 0.2) is 48.5 Å². The van der Waals surface area contributed by atoms with E-state index in [1.54, 1.807) is 6.07 Å². The van der Waals surface area contributed by atoms with Crippen molar-refractivity contribution in [1.29, 1.82) is 0 Å². The van der Waals surface area contributed by atoms with Gasteiger partial charge >= 0.3 is 0 Å². The molecule has 25 heavy (non-hydrogen) atoms. The van der Waals surface area contributed by atoms with E-state index in [-0.39, 0.29) is 24.2 Å². The lowest BCUT2D eigenvalue weighted by molar-refractivity contribution is -0.121. The zero-order chi connectivity index (χ0) is 17.8. The first kappa shape index (κ1) is 17.1. The number of fused-ring (bicyclic) bond motifs is 1. The van der Waals surface area contributed by atoms with E-state index in [2.05, 4.69) is 10.3 Å². The molecule has 1 heterocycles. The van der Waals surface area contributed by atoms with Crippen molar-refractivity contribution in [3.63, 3.8) is 0 Å². The summed E-state index contributed by atoms with van der Waals surface area (Å²) in [5.74, 6) is 0.416. The molecule has 5 nitrogen and oxygen atoms in total. The van der Waals surface area contributed by atoms with Crippen LogP contribution in [0.25, 0.3) is 11.0 Å². The first-order chi connectivity index (χ1) is 12.0. The minimum Gasteiger partial charge on any atom is -0.356 e. The topological polar surface area (TPSA) is 72.9 Å². The fourth-order valence-electron chi connectivity index (χ4n) is 2.84. The van der Waals surface area contributed by atoms with E-state index in [1.807, 2.05) is 41.9 Å². The summed E-state index contributed by atoms with van der Waals surface area (Å²) in [5.41, 5.74) is 8.48. The Bertz CT molecular complexity index is 876. The minimum absolute atomic E-state index is 0.0961. The van der Waals surface area contributed by atoms with Crippen LogP contribution in [0, 0.1) is 5.82 Å². The summed E-state index contributed by atoms with van der Waals surface area (Å²) in [7, 11) is 1.84. The molecular formula is C19H21FN4O. The third-order valence-corrected chi connectivity index (χ3v) is 4.24. The van der Waals surface area contributed by atoms with Gasteiger partial charge in [-0.15, -0.1) is 0 Å². The Morgan fingerprint density at radius 1 is 1.28 bits per heavy atom. The molecule has 3 N–H and O–H groups in total. The summed E-state index contributed by atoms with van der Waals surface area (Å²) in [5, 5.41) is 2.87. The predicted octanol–water partition coefficient (Wildman–Crippen LogP) is 2.46. The van der Waals surface area contributed by atoms with Gasteiger partial charge < -0.3 is 15.6 Å². The van der Waals surface area contributed by atoms with Gasteiger partial charge in [-0.25, -0.2) is 9.37 Å². The lowest BCUT2D eigenvalue weighted by Crippen LogP contribution is -2.29. The highest BCUT2D eigenvalue weighted by molar-refractivity contribution is 5.77. The number of amides is 1. The molecule has 0 aliphatic carbocycles. The lowest BCUT2D eigenvalue weighted by atomic mass is 10.0. The molecule has 0 aliphatic heterocycles. The van der Waals surface area contributed by atoms with Gasteiger partial charge in [0.05, 0.1) is 11.0 Å². The number of nitrogens with two attached hydrogens (primary N) is 1. The monoisotopic (exact) mass is 340 g/mol. The van der Waals surface area contributed by atoms with Gasteiger partial charge in [0.15, 0.2) is 0 Å². The maximum atomic E-state index is 13.3. The number of aromatic nitrogens is 2. The smallest absolute Gasteiger partial charge is 0.221 e.